The molecule has 0 spiro atoms. The van der Waals surface area contributed by atoms with Crippen molar-refractivity contribution in [3.8, 4) is 5.75 Å². The summed E-state index contributed by atoms with van der Waals surface area (Å²) in [6, 6.07) is 19.9. The highest BCUT2D eigenvalue weighted by Gasteiger charge is 2.41. The van der Waals surface area contributed by atoms with Gasteiger partial charge in [0, 0.05) is 24.1 Å². The monoisotopic (exact) mass is 514 g/mol. The van der Waals surface area contributed by atoms with Gasteiger partial charge >= 0.3 is 5.97 Å². The van der Waals surface area contributed by atoms with E-state index in [4.69, 9.17) is 4.74 Å². The molecule has 0 saturated heterocycles. The number of anilines is 2. The number of amides is 1. The van der Waals surface area contributed by atoms with Crippen molar-refractivity contribution in [3.05, 3.63) is 101 Å². The maximum absolute atomic E-state index is 14.0. The van der Waals surface area contributed by atoms with Gasteiger partial charge in [0.25, 0.3) is 0 Å². The highest BCUT2D eigenvalue weighted by atomic mass is 19.1. The summed E-state index contributed by atoms with van der Waals surface area (Å²) in [6.07, 6.45) is 0.0492. The first-order valence-electron chi connectivity index (χ1n) is 12.4. The molecule has 2 N–H and O–H groups in total. The van der Waals surface area contributed by atoms with Crippen LogP contribution in [0.4, 0.5) is 15.8 Å². The molecule has 1 aliphatic heterocycles. The molecule has 1 heterocycles. The number of carbonyl (C=O) groups is 3. The van der Waals surface area contributed by atoms with Gasteiger partial charge in [-0.25, -0.2) is 4.39 Å². The minimum Gasteiger partial charge on any atom is -0.497 e. The van der Waals surface area contributed by atoms with Gasteiger partial charge in [-0.15, -0.1) is 0 Å². The fourth-order valence-corrected chi connectivity index (χ4v) is 5.30. The zero-order valence-electron chi connectivity index (χ0n) is 20.8. The lowest BCUT2D eigenvalue weighted by Crippen LogP contribution is -2.38. The van der Waals surface area contributed by atoms with Crippen molar-refractivity contribution < 1.29 is 28.6 Å². The molecule has 3 aromatic rings. The number of Topliss-reactive ketones (excluding diaryl/α,β-unsaturated/α-hetero) is 1. The van der Waals surface area contributed by atoms with Crippen LogP contribution in [0.5, 0.6) is 5.75 Å². The number of aliphatic carboxylic acids is 1. The van der Waals surface area contributed by atoms with E-state index in [9.17, 15) is 23.9 Å². The second-order valence-corrected chi connectivity index (χ2v) is 9.45. The Kier molecular flexibility index (Phi) is 6.96. The van der Waals surface area contributed by atoms with Gasteiger partial charge in [-0.05, 0) is 59.9 Å². The van der Waals surface area contributed by atoms with Gasteiger partial charge in [-0.2, -0.15) is 0 Å². The Hall–Kier alpha value is -4.46. The molecular formula is C30H27FN2O5. The van der Waals surface area contributed by atoms with Crippen LogP contribution in [0, 0.1) is 5.82 Å². The number of benzene rings is 3. The largest absolute Gasteiger partial charge is 0.497 e. The number of halogens is 1. The predicted molar refractivity (Wildman–Crippen MR) is 141 cm³/mol. The van der Waals surface area contributed by atoms with E-state index in [0.717, 1.165) is 5.56 Å². The molecule has 7 nitrogen and oxygen atoms in total. The van der Waals surface area contributed by atoms with Crippen molar-refractivity contribution in [1.82, 2.24) is 0 Å². The Labute approximate surface area is 219 Å². The number of nitrogens with zero attached hydrogens (tertiary/aromatic N) is 1. The van der Waals surface area contributed by atoms with Crippen LogP contribution in [0.2, 0.25) is 0 Å². The summed E-state index contributed by atoms with van der Waals surface area (Å²) >= 11 is 0. The van der Waals surface area contributed by atoms with Gasteiger partial charge in [0.05, 0.1) is 30.9 Å². The molecule has 1 aliphatic carbocycles. The van der Waals surface area contributed by atoms with Crippen LogP contribution >= 0.6 is 0 Å². The number of hydrogen-bond acceptors (Lipinski definition) is 5. The van der Waals surface area contributed by atoms with Crippen molar-refractivity contribution in [3.63, 3.8) is 0 Å². The quantitative estimate of drug-likeness (QED) is 0.445. The summed E-state index contributed by atoms with van der Waals surface area (Å²) in [4.78, 5) is 40.4. The molecule has 1 amide bonds. The summed E-state index contributed by atoms with van der Waals surface area (Å²) in [7, 11) is 1.56. The zero-order chi connectivity index (χ0) is 26.8. The second kappa shape index (κ2) is 10.5. The molecule has 8 heteroatoms. The molecule has 2 aliphatic rings. The minimum atomic E-state index is -1.08. The Morgan fingerprint density at radius 2 is 1.76 bits per heavy atom. The maximum atomic E-state index is 14.0. The number of carbonyl (C=O) groups excluding carboxylic acids is 2. The van der Waals surface area contributed by atoms with Crippen molar-refractivity contribution in [2.45, 2.75) is 37.6 Å². The van der Waals surface area contributed by atoms with Gasteiger partial charge in [0.1, 0.15) is 11.6 Å². The molecule has 0 radical (unpaired) electrons. The van der Waals surface area contributed by atoms with Crippen LogP contribution in [0.1, 0.15) is 48.8 Å². The van der Waals surface area contributed by atoms with Crippen LogP contribution < -0.4 is 15.0 Å². The molecular weight excluding hydrogens is 487 g/mol. The van der Waals surface area contributed by atoms with E-state index in [1.807, 2.05) is 30.3 Å². The van der Waals surface area contributed by atoms with Gasteiger partial charge < -0.3 is 15.2 Å². The molecule has 2 unspecified atom stereocenters. The number of rotatable bonds is 6. The van der Waals surface area contributed by atoms with Gasteiger partial charge in [0.2, 0.25) is 5.91 Å². The number of fused-ring (bicyclic) bond motifs is 1. The number of methoxy groups -OCH3 is 1. The van der Waals surface area contributed by atoms with Gasteiger partial charge in [0.15, 0.2) is 5.78 Å². The Bertz CT molecular complexity index is 1430. The number of allylic oxidation sites excluding steroid dienone is 1. The van der Waals surface area contributed by atoms with Gasteiger partial charge in [-0.3, -0.25) is 19.3 Å². The zero-order valence-corrected chi connectivity index (χ0v) is 20.8. The highest BCUT2D eigenvalue weighted by molar-refractivity contribution is 6.06. The number of para-hydroxylation sites is 2. The molecule has 5 rings (SSSR count). The standard InChI is InChI=1S/C30H27FN2O5/c1-38-22-11-9-18(10-12-22)30-29-24(16-20(17-26(29)34)19-5-4-6-21(31)15-19)32-23-7-2-3-8-25(23)33(30)27(35)13-14-28(36)37/h2-12,15,20,30,32H,13-14,16-17H2,1H3,(H,36,37). The summed E-state index contributed by atoms with van der Waals surface area (Å²) in [5, 5.41) is 12.7. The minimum absolute atomic E-state index is 0.155. The molecule has 0 saturated carbocycles. The van der Waals surface area contributed by atoms with Gasteiger partial charge in [-0.1, -0.05) is 36.4 Å². The molecule has 0 fully saturated rings. The third-order valence-corrected chi connectivity index (χ3v) is 7.06. The smallest absolute Gasteiger partial charge is 0.303 e. The summed E-state index contributed by atoms with van der Waals surface area (Å²) < 4.78 is 19.3. The number of ether oxygens (including phenoxy) is 1. The van der Waals surface area contributed by atoms with E-state index in [1.54, 1.807) is 37.4 Å². The number of carboxylic acid groups (broad SMARTS) is 1. The fraction of sp³-hybridized carbons (Fsp3) is 0.233. The Morgan fingerprint density at radius 3 is 2.47 bits per heavy atom. The summed E-state index contributed by atoms with van der Waals surface area (Å²) in [6.45, 7) is 0. The summed E-state index contributed by atoms with van der Waals surface area (Å²) in [5.41, 5.74) is 3.72. The first kappa shape index (κ1) is 25.2. The van der Waals surface area contributed by atoms with E-state index in [2.05, 4.69) is 5.32 Å². The number of ketones is 1. The molecule has 0 aromatic heterocycles. The Balaban J connectivity index is 1.68. The fourth-order valence-electron chi connectivity index (χ4n) is 5.30. The van der Waals surface area contributed by atoms with Crippen LogP contribution in [-0.4, -0.2) is 29.9 Å². The van der Waals surface area contributed by atoms with E-state index < -0.39 is 17.9 Å². The Morgan fingerprint density at radius 1 is 1.00 bits per heavy atom. The van der Waals surface area contributed by atoms with Crippen LogP contribution in [0.15, 0.2) is 84.1 Å². The van der Waals surface area contributed by atoms with Crippen molar-refractivity contribution >= 4 is 29.0 Å². The third-order valence-electron chi connectivity index (χ3n) is 7.06. The lowest BCUT2D eigenvalue weighted by molar-refractivity contribution is -0.138. The molecule has 2 atom stereocenters. The first-order chi connectivity index (χ1) is 18.4. The topological polar surface area (TPSA) is 95.9 Å². The van der Waals surface area contributed by atoms with E-state index in [0.29, 0.717) is 40.4 Å². The normalized spacial score (nSPS) is 18.7. The molecule has 0 bridgehead atoms. The number of hydrogen-bond donors (Lipinski definition) is 2. The average Bonchev–Trinajstić information content (AvgIpc) is 3.06. The lowest BCUT2D eigenvalue weighted by Gasteiger charge is -2.35. The predicted octanol–water partition coefficient (Wildman–Crippen LogP) is 5.60. The van der Waals surface area contributed by atoms with E-state index >= 15 is 0 Å². The second-order valence-electron chi connectivity index (χ2n) is 9.45. The average molecular weight is 515 g/mol. The SMILES string of the molecule is COc1ccc(C2C3=C(CC(c4cccc(F)c4)CC3=O)Nc3ccccc3N2C(=O)CCC(=O)O)cc1. The van der Waals surface area contributed by atoms with E-state index in [-0.39, 0.29) is 36.8 Å². The third kappa shape index (κ3) is 4.89. The van der Waals surface area contributed by atoms with Crippen molar-refractivity contribution in [2.75, 3.05) is 17.3 Å². The van der Waals surface area contributed by atoms with Crippen molar-refractivity contribution in [1.29, 1.82) is 0 Å². The molecule has 38 heavy (non-hydrogen) atoms. The van der Waals surface area contributed by atoms with E-state index in [1.165, 1.54) is 17.0 Å². The lowest BCUT2D eigenvalue weighted by atomic mass is 9.78. The number of nitrogens with one attached hydrogen (secondary N) is 1. The van der Waals surface area contributed by atoms with Crippen LogP contribution in [-0.2, 0) is 14.4 Å². The number of carboxylic acids is 1. The highest BCUT2D eigenvalue weighted by Crippen LogP contribution is 2.47. The maximum Gasteiger partial charge on any atom is 0.303 e. The van der Waals surface area contributed by atoms with Crippen LogP contribution in [0.3, 0.4) is 0 Å². The first-order valence-corrected chi connectivity index (χ1v) is 12.4. The summed E-state index contributed by atoms with van der Waals surface area (Å²) in [5.74, 6) is -1.61. The van der Waals surface area contributed by atoms with Crippen molar-refractivity contribution in [2.24, 2.45) is 0 Å². The molecule has 194 valence electrons. The van der Waals surface area contributed by atoms with Crippen LogP contribution in [0.25, 0.3) is 0 Å². The molecule has 3 aromatic carbocycles.